The number of nitro groups is 1. The summed E-state index contributed by atoms with van der Waals surface area (Å²) < 4.78 is 0.541. The fourth-order valence-corrected chi connectivity index (χ4v) is 2.84. The Morgan fingerprint density at radius 3 is 2.62 bits per heavy atom. The molecule has 4 nitrogen and oxygen atoms in total. The Morgan fingerprint density at radius 2 is 1.95 bits per heavy atom. The molecule has 0 aliphatic heterocycles. The van der Waals surface area contributed by atoms with E-state index in [0.29, 0.717) is 11.0 Å². The molecule has 1 atom stereocenters. The molecule has 0 saturated heterocycles. The maximum Gasteiger partial charge on any atom is 0.283 e. The SMILES string of the molecule is Cc1ccccc1[C@H](C)NCc1cccc([N+](=O)[O-])c1Br. The molecule has 5 heteroatoms. The quantitative estimate of drug-likeness (QED) is 0.638. The van der Waals surface area contributed by atoms with Gasteiger partial charge in [-0.25, -0.2) is 0 Å². The zero-order valence-electron chi connectivity index (χ0n) is 12.0. The van der Waals surface area contributed by atoms with Gasteiger partial charge in [0.1, 0.15) is 0 Å². The zero-order valence-corrected chi connectivity index (χ0v) is 13.6. The highest BCUT2D eigenvalue weighted by Gasteiger charge is 2.15. The molecule has 0 spiro atoms. The first kappa shape index (κ1) is 15.7. The first-order valence-electron chi connectivity index (χ1n) is 6.71. The molecule has 0 aliphatic rings. The molecule has 0 aromatic heterocycles. The van der Waals surface area contributed by atoms with Crippen LogP contribution in [0.2, 0.25) is 0 Å². The van der Waals surface area contributed by atoms with Crippen LogP contribution in [0.4, 0.5) is 5.69 Å². The van der Waals surface area contributed by atoms with Crippen LogP contribution in [0.25, 0.3) is 0 Å². The van der Waals surface area contributed by atoms with Gasteiger partial charge in [0, 0.05) is 18.7 Å². The summed E-state index contributed by atoms with van der Waals surface area (Å²) in [5, 5.41) is 14.3. The molecule has 0 fully saturated rings. The van der Waals surface area contributed by atoms with Crippen molar-refractivity contribution in [3.05, 3.63) is 73.7 Å². The average molecular weight is 349 g/mol. The standard InChI is InChI=1S/C16H17BrN2O2/c1-11-6-3-4-8-14(11)12(2)18-10-13-7-5-9-15(16(13)17)19(20)21/h3-9,12,18H,10H2,1-2H3/t12-/m0/s1. The van der Waals surface area contributed by atoms with Crippen LogP contribution in [0.5, 0.6) is 0 Å². The van der Waals surface area contributed by atoms with E-state index in [1.165, 1.54) is 17.2 Å². The number of nitro benzene ring substituents is 1. The number of hydrogen-bond donors (Lipinski definition) is 1. The van der Waals surface area contributed by atoms with Gasteiger partial charge in [0.05, 0.1) is 9.40 Å². The van der Waals surface area contributed by atoms with Crippen molar-refractivity contribution in [1.82, 2.24) is 5.32 Å². The molecule has 1 N–H and O–H groups in total. The molecule has 0 amide bonds. The van der Waals surface area contributed by atoms with Crippen molar-refractivity contribution in [3.8, 4) is 0 Å². The summed E-state index contributed by atoms with van der Waals surface area (Å²) >= 11 is 3.32. The zero-order chi connectivity index (χ0) is 15.4. The van der Waals surface area contributed by atoms with Gasteiger partial charge in [-0.15, -0.1) is 0 Å². The molecule has 2 aromatic carbocycles. The van der Waals surface area contributed by atoms with Crippen molar-refractivity contribution in [1.29, 1.82) is 0 Å². The van der Waals surface area contributed by atoms with Crippen molar-refractivity contribution in [2.24, 2.45) is 0 Å². The van der Waals surface area contributed by atoms with Crippen LogP contribution in [0.1, 0.15) is 29.7 Å². The van der Waals surface area contributed by atoms with Gasteiger partial charge < -0.3 is 5.32 Å². The maximum atomic E-state index is 10.9. The van der Waals surface area contributed by atoms with Gasteiger partial charge in [-0.05, 0) is 46.5 Å². The molecular formula is C16H17BrN2O2. The maximum absolute atomic E-state index is 10.9. The number of nitrogens with one attached hydrogen (secondary N) is 1. The van der Waals surface area contributed by atoms with Gasteiger partial charge in [-0.3, -0.25) is 10.1 Å². The first-order chi connectivity index (χ1) is 10.0. The molecule has 110 valence electrons. The van der Waals surface area contributed by atoms with Gasteiger partial charge >= 0.3 is 0 Å². The van der Waals surface area contributed by atoms with Crippen LogP contribution >= 0.6 is 15.9 Å². The first-order valence-corrected chi connectivity index (χ1v) is 7.50. The van der Waals surface area contributed by atoms with Crippen molar-refractivity contribution in [2.45, 2.75) is 26.4 Å². The lowest BCUT2D eigenvalue weighted by molar-refractivity contribution is -0.385. The summed E-state index contributed by atoms with van der Waals surface area (Å²) in [6, 6.07) is 13.5. The summed E-state index contributed by atoms with van der Waals surface area (Å²) in [6.07, 6.45) is 0. The molecule has 0 unspecified atom stereocenters. The Bertz CT molecular complexity index is 658. The minimum absolute atomic E-state index is 0.0952. The van der Waals surface area contributed by atoms with E-state index >= 15 is 0 Å². The number of hydrogen-bond acceptors (Lipinski definition) is 3. The summed E-state index contributed by atoms with van der Waals surface area (Å²) in [5.74, 6) is 0. The number of aryl methyl sites for hydroxylation is 1. The van der Waals surface area contributed by atoms with E-state index < -0.39 is 0 Å². The van der Waals surface area contributed by atoms with Crippen LogP contribution < -0.4 is 5.32 Å². The van der Waals surface area contributed by atoms with Crippen LogP contribution in [-0.4, -0.2) is 4.92 Å². The van der Waals surface area contributed by atoms with Gasteiger partial charge in [-0.2, -0.15) is 0 Å². The highest BCUT2D eigenvalue weighted by atomic mass is 79.9. The fourth-order valence-electron chi connectivity index (χ4n) is 2.29. The Kier molecular flexibility index (Phi) is 5.09. The number of halogens is 1. The van der Waals surface area contributed by atoms with E-state index in [-0.39, 0.29) is 16.7 Å². The van der Waals surface area contributed by atoms with E-state index in [4.69, 9.17) is 0 Å². The third-order valence-electron chi connectivity index (χ3n) is 3.51. The molecule has 2 aromatic rings. The molecule has 21 heavy (non-hydrogen) atoms. The summed E-state index contributed by atoms with van der Waals surface area (Å²) in [7, 11) is 0. The van der Waals surface area contributed by atoms with Gasteiger partial charge in [0.2, 0.25) is 0 Å². The van der Waals surface area contributed by atoms with Gasteiger partial charge in [0.15, 0.2) is 0 Å². The monoisotopic (exact) mass is 348 g/mol. The second kappa shape index (κ2) is 6.83. The second-order valence-electron chi connectivity index (χ2n) is 4.97. The molecular weight excluding hydrogens is 332 g/mol. The third-order valence-corrected chi connectivity index (χ3v) is 4.42. The van der Waals surface area contributed by atoms with Gasteiger partial charge in [-0.1, -0.05) is 36.4 Å². The second-order valence-corrected chi connectivity index (χ2v) is 5.76. The largest absolute Gasteiger partial charge is 0.306 e. The van der Waals surface area contributed by atoms with E-state index in [1.807, 2.05) is 18.2 Å². The predicted octanol–water partition coefficient (Wildman–Crippen LogP) is 4.52. The molecule has 2 rings (SSSR count). The van der Waals surface area contributed by atoms with E-state index in [1.54, 1.807) is 6.07 Å². The normalized spacial score (nSPS) is 12.1. The summed E-state index contributed by atoms with van der Waals surface area (Å²) in [6.45, 7) is 4.74. The lowest BCUT2D eigenvalue weighted by Gasteiger charge is -2.17. The predicted molar refractivity (Wildman–Crippen MR) is 87.2 cm³/mol. The lowest BCUT2D eigenvalue weighted by Crippen LogP contribution is -2.19. The minimum Gasteiger partial charge on any atom is -0.306 e. The van der Waals surface area contributed by atoms with Gasteiger partial charge in [0.25, 0.3) is 5.69 Å². The highest BCUT2D eigenvalue weighted by Crippen LogP contribution is 2.28. The Labute approximate surface area is 132 Å². The molecule has 0 heterocycles. The third kappa shape index (κ3) is 3.68. The van der Waals surface area contributed by atoms with Crippen molar-refractivity contribution in [2.75, 3.05) is 0 Å². The Morgan fingerprint density at radius 1 is 1.24 bits per heavy atom. The molecule has 0 saturated carbocycles. The molecule has 0 radical (unpaired) electrons. The molecule has 0 bridgehead atoms. The summed E-state index contributed by atoms with van der Waals surface area (Å²) in [4.78, 5) is 10.6. The number of nitrogens with zero attached hydrogens (tertiary/aromatic N) is 1. The van der Waals surface area contributed by atoms with Crippen molar-refractivity contribution in [3.63, 3.8) is 0 Å². The highest BCUT2D eigenvalue weighted by molar-refractivity contribution is 9.10. The van der Waals surface area contributed by atoms with E-state index in [0.717, 1.165) is 5.56 Å². The Balaban J connectivity index is 2.12. The Hall–Kier alpha value is -1.72. The number of rotatable bonds is 5. The topological polar surface area (TPSA) is 55.2 Å². The summed E-state index contributed by atoms with van der Waals surface area (Å²) in [5.41, 5.74) is 3.44. The smallest absolute Gasteiger partial charge is 0.283 e. The number of benzene rings is 2. The average Bonchev–Trinajstić information content (AvgIpc) is 2.46. The van der Waals surface area contributed by atoms with Crippen molar-refractivity contribution < 1.29 is 4.92 Å². The van der Waals surface area contributed by atoms with Crippen molar-refractivity contribution >= 4 is 21.6 Å². The van der Waals surface area contributed by atoms with E-state index in [2.05, 4.69) is 47.2 Å². The van der Waals surface area contributed by atoms with Crippen LogP contribution in [-0.2, 0) is 6.54 Å². The van der Waals surface area contributed by atoms with E-state index in [9.17, 15) is 10.1 Å². The molecule has 0 aliphatic carbocycles. The lowest BCUT2D eigenvalue weighted by atomic mass is 10.0. The fraction of sp³-hybridized carbons (Fsp3) is 0.250. The van der Waals surface area contributed by atoms with Crippen LogP contribution in [0.3, 0.4) is 0 Å². The van der Waals surface area contributed by atoms with Crippen LogP contribution in [0.15, 0.2) is 46.9 Å². The minimum atomic E-state index is -0.377. The van der Waals surface area contributed by atoms with Crippen LogP contribution in [0, 0.1) is 17.0 Å².